The highest BCUT2D eigenvalue weighted by molar-refractivity contribution is 7.09. The lowest BCUT2D eigenvalue weighted by Gasteiger charge is -2.28. The molecule has 3 rings (SSSR count). The molecule has 0 radical (unpaired) electrons. The van der Waals surface area contributed by atoms with Crippen molar-refractivity contribution in [3.05, 3.63) is 16.6 Å². The van der Waals surface area contributed by atoms with Gasteiger partial charge in [-0.05, 0) is 31.1 Å². The Labute approximate surface area is 120 Å². The fourth-order valence-electron chi connectivity index (χ4n) is 3.55. The molecular weight excluding hydrogens is 278 g/mol. The lowest BCUT2D eigenvalue weighted by atomic mass is 9.84. The standard InChI is InChI=1S/C13H17N3O3S/c17-12(18)10-7-1-2-8(5-7)11(10)16-13(19)15-6-9-14-3-4-20-9/h3-4,7-8,10-11H,1-2,5-6H2,(H,17,18)(H2,15,16,19). The number of carboxylic acids is 1. The zero-order valence-corrected chi connectivity index (χ0v) is 11.7. The van der Waals surface area contributed by atoms with Gasteiger partial charge in [0.2, 0.25) is 0 Å². The molecule has 2 saturated carbocycles. The van der Waals surface area contributed by atoms with Crippen molar-refractivity contribution < 1.29 is 14.7 Å². The number of urea groups is 1. The molecule has 2 bridgehead atoms. The predicted octanol–water partition coefficient (Wildman–Crippen LogP) is 1.44. The van der Waals surface area contributed by atoms with E-state index in [0.717, 1.165) is 24.3 Å². The number of carbonyl (C=O) groups is 2. The van der Waals surface area contributed by atoms with Gasteiger partial charge in [0.15, 0.2) is 0 Å². The minimum absolute atomic E-state index is 0.224. The second kappa shape index (κ2) is 5.40. The zero-order chi connectivity index (χ0) is 14.1. The van der Waals surface area contributed by atoms with Crippen molar-refractivity contribution in [1.29, 1.82) is 0 Å². The van der Waals surface area contributed by atoms with Gasteiger partial charge < -0.3 is 15.7 Å². The topological polar surface area (TPSA) is 91.3 Å². The summed E-state index contributed by atoms with van der Waals surface area (Å²) in [4.78, 5) is 27.3. The second-order valence-corrected chi connectivity index (χ2v) is 6.45. The molecule has 1 heterocycles. The number of thiazole rings is 1. The molecule has 108 valence electrons. The Bertz CT molecular complexity index is 505. The van der Waals surface area contributed by atoms with Crippen LogP contribution in [0, 0.1) is 17.8 Å². The summed E-state index contributed by atoms with van der Waals surface area (Å²) in [5.41, 5.74) is 0. The van der Waals surface area contributed by atoms with Crippen LogP contribution in [-0.2, 0) is 11.3 Å². The van der Waals surface area contributed by atoms with E-state index in [2.05, 4.69) is 15.6 Å². The fraction of sp³-hybridized carbons (Fsp3) is 0.615. The van der Waals surface area contributed by atoms with E-state index in [0.29, 0.717) is 12.5 Å². The number of nitrogens with one attached hydrogen (secondary N) is 2. The van der Waals surface area contributed by atoms with E-state index in [1.54, 1.807) is 6.20 Å². The first-order chi connectivity index (χ1) is 9.65. The lowest BCUT2D eigenvalue weighted by Crippen LogP contribution is -2.50. The van der Waals surface area contributed by atoms with Crippen LogP contribution in [0.5, 0.6) is 0 Å². The van der Waals surface area contributed by atoms with Crippen molar-refractivity contribution in [3.8, 4) is 0 Å². The molecule has 4 unspecified atom stereocenters. The molecule has 20 heavy (non-hydrogen) atoms. The van der Waals surface area contributed by atoms with Gasteiger partial charge in [-0.1, -0.05) is 0 Å². The first-order valence-electron chi connectivity index (χ1n) is 6.80. The van der Waals surface area contributed by atoms with E-state index < -0.39 is 11.9 Å². The molecule has 2 amide bonds. The molecule has 0 spiro atoms. The summed E-state index contributed by atoms with van der Waals surface area (Å²) in [6.07, 6.45) is 4.61. The molecule has 2 aliphatic carbocycles. The largest absolute Gasteiger partial charge is 0.481 e. The third kappa shape index (κ3) is 2.49. The lowest BCUT2D eigenvalue weighted by molar-refractivity contribution is -0.144. The van der Waals surface area contributed by atoms with Crippen LogP contribution in [0.3, 0.4) is 0 Å². The van der Waals surface area contributed by atoms with Gasteiger partial charge in [0.25, 0.3) is 0 Å². The van der Waals surface area contributed by atoms with Crippen LogP contribution in [0.25, 0.3) is 0 Å². The van der Waals surface area contributed by atoms with Gasteiger partial charge in [-0.3, -0.25) is 4.79 Å². The predicted molar refractivity (Wildman–Crippen MR) is 73.2 cm³/mol. The average molecular weight is 295 g/mol. The first-order valence-corrected chi connectivity index (χ1v) is 7.68. The fourth-order valence-corrected chi connectivity index (χ4v) is 4.11. The van der Waals surface area contributed by atoms with E-state index in [4.69, 9.17) is 0 Å². The van der Waals surface area contributed by atoms with Crippen LogP contribution in [0.15, 0.2) is 11.6 Å². The van der Waals surface area contributed by atoms with Crippen molar-refractivity contribution in [2.75, 3.05) is 0 Å². The Morgan fingerprint density at radius 2 is 2.20 bits per heavy atom. The second-order valence-electron chi connectivity index (χ2n) is 5.48. The highest BCUT2D eigenvalue weighted by Gasteiger charge is 2.51. The van der Waals surface area contributed by atoms with Crippen LogP contribution >= 0.6 is 11.3 Å². The number of fused-ring (bicyclic) bond motifs is 2. The number of carboxylic acid groups (broad SMARTS) is 1. The van der Waals surface area contributed by atoms with Crippen molar-refractivity contribution in [1.82, 2.24) is 15.6 Å². The summed E-state index contributed by atoms with van der Waals surface area (Å²) < 4.78 is 0. The number of nitrogens with zero attached hydrogens (tertiary/aromatic N) is 1. The molecule has 2 aliphatic rings. The van der Waals surface area contributed by atoms with Gasteiger partial charge in [-0.2, -0.15) is 0 Å². The third-order valence-corrected chi connectivity index (χ3v) is 5.16. The van der Waals surface area contributed by atoms with Crippen molar-refractivity contribution >= 4 is 23.3 Å². The number of carbonyl (C=O) groups excluding carboxylic acids is 1. The summed E-state index contributed by atoms with van der Waals surface area (Å²) in [6.45, 7) is 0.377. The average Bonchev–Trinajstić information content (AvgIpc) is 3.12. The van der Waals surface area contributed by atoms with Crippen molar-refractivity contribution in [3.63, 3.8) is 0 Å². The number of hydrogen-bond acceptors (Lipinski definition) is 4. The number of amides is 2. The van der Waals surface area contributed by atoms with Gasteiger partial charge in [-0.15, -0.1) is 11.3 Å². The first kappa shape index (κ1) is 13.4. The molecule has 0 saturated heterocycles. The van der Waals surface area contributed by atoms with E-state index >= 15 is 0 Å². The third-order valence-electron chi connectivity index (χ3n) is 4.38. The number of hydrogen-bond donors (Lipinski definition) is 3. The number of aliphatic carboxylic acids is 1. The summed E-state index contributed by atoms with van der Waals surface area (Å²) in [5.74, 6) is -0.685. The summed E-state index contributed by atoms with van der Waals surface area (Å²) in [6, 6.07) is -0.536. The smallest absolute Gasteiger partial charge is 0.315 e. The molecule has 7 heteroatoms. The SMILES string of the molecule is O=C(NCc1nccs1)NC1C2CCC(C2)C1C(=O)O. The molecular formula is C13H17N3O3S. The molecule has 6 nitrogen and oxygen atoms in total. The van der Waals surface area contributed by atoms with Gasteiger partial charge in [0.05, 0.1) is 12.5 Å². The molecule has 2 fully saturated rings. The van der Waals surface area contributed by atoms with Crippen LogP contribution in [0.2, 0.25) is 0 Å². The maximum absolute atomic E-state index is 11.9. The van der Waals surface area contributed by atoms with Gasteiger partial charge in [0, 0.05) is 17.6 Å². The van der Waals surface area contributed by atoms with E-state index in [-0.39, 0.29) is 18.0 Å². The maximum atomic E-state index is 11.9. The van der Waals surface area contributed by atoms with E-state index in [9.17, 15) is 14.7 Å². The molecule has 4 atom stereocenters. The van der Waals surface area contributed by atoms with Gasteiger partial charge >= 0.3 is 12.0 Å². The maximum Gasteiger partial charge on any atom is 0.315 e. The Morgan fingerprint density at radius 3 is 2.90 bits per heavy atom. The Kier molecular flexibility index (Phi) is 3.60. The van der Waals surface area contributed by atoms with Gasteiger partial charge in [0.1, 0.15) is 5.01 Å². The quantitative estimate of drug-likeness (QED) is 0.784. The van der Waals surface area contributed by atoms with Crippen LogP contribution in [0.4, 0.5) is 4.79 Å². The summed E-state index contributed by atoms with van der Waals surface area (Å²) in [5, 5.41) is 17.6. The minimum Gasteiger partial charge on any atom is -0.481 e. The Hall–Kier alpha value is -1.63. The van der Waals surface area contributed by atoms with Crippen molar-refractivity contribution in [2.24, 2.45) is 17.8 Å². The van der Waals surface area contributed by atoms with E-state index in [1.165, 1.54) is 11.3 Å². The molecule has 3 N–H and O–H groups in total. The summed E-state index contributed by atoms with van der Waals surface area (Å²) >= 11 is 1.48. The molecule has 0 aromatic carbocycles. The Morgan fingerprint density at radius 1 is 1.40 bits per heavy atom. The normalized spacial score (nSPS) is 31.2. The van der Waals surface area contributed by atoms with Crippen LogP contribution in [-0.4, -0.2) is 28.1 Å². The van der Waals surface area contributed by atoms with Crippen molar-refractivity contribution in [2.45, 2.75) is 31.8 Å². The van der Waals surface area contributed by atoms with E-state index in [1.807, 2.05) is 5.38 Å². The van der Waals surface area contributed by atoms with Gasteiger partial charge in [-0.25, -0.2) is 9.78 Å². The molecule has 0 aliphatic heterocycles. The molecule has 1 aromatic rings. The van der Waals surface area contributed by atoms with Crippen LogP contribution in [0.1, 0.15) is 24.3 Å². The number of rotatable bonds is 4. The molecule has 1 aromatic heterocycles. The zero-order valence-electron chi connectivity index (χ0n) is 10.9. The highest BCUT2D eigenvalue weighted by atomic mass is 32.1. The number of aromatic nitrogens is 1. The monoisotopic (exact) mass is 295 g/mol. The van der Waals surface area contributed by atoms with Crippen LogP contribution < -0.4 is 10.6 Å². The highest BCUT2D eigenvalue weighted by Crippen LogP contribution is 2.48. The summed E-state index contributed by atoms with van der Waals surface area (Å²) in [7, 11) is 0. The minimum atomic E-state index is -0.789. The Balaban J connectivity index is 1.56.